The molecule has 2 atom stereocenters. The smallest absolute Gasteiger partial charge is 0.408 e. The molecule has 1 aliphatic heterocycles. The highest BCUT2D eigenvalue weighted by molar-refractivity contribution is 8.10. The lowest BCUT2D eigenvalue weighted by Crippen LogP contribution is -2.60. The molecule has 0 aromatic heterocycles. The second-order valence-corrected chi connectivity index (χ2v) is 10.0. The average Bonchev–Trinajstić information content (AvgIpc) is 2.71. The SMILES string of the molecule is CC(C)(C)OC(=O)NC(CC(N)=O)C(=O)N1CCN(C(=S)S)C(Cc2ccc([N+](=O)[O-])cc2)C1. The van der Waals surface area contributed by atoms with Crippen molar-refractivity contribution in [2.45, 2.75) is 51.3 Å². The van der Waals surface area contributed by atoms with Crippen LogP contribution in [-0.2, 0) is 20.7 Å². The van der Waals surface area contributed by atoms with E-state index in [9.17, 15) is 24.5 Å². The van der Waals surface area contributed by atoms with Gasteiger partial charge >= 0.3 is 6.09 Å². The Morgan fingerprint density at radius 2 is 1.91 bits per heavy atom. The van der Waals surface area contributed by atoms with Gasteiger partial charge in [-0.3, -0.25) is 19.7 Å². The minimum absolute atomic E-state index is 0.0201. The number of hydrogen-bond donors (Lipinski definition) is 3. The average molecular weight is 512 g/mol. The predicted molar refractivity (Wildman–Crippen MR) is 132 cm³/mol. The Labute approximate surface area is 208 Å². The molecule has 0 bridgehead atoms. The van der Waals surface area contributed by atoms with E-state index in [-0.39, 0.29) is 24.7 Å². The van der Waals surface area contributed by atoms with Crippen LogP contribution in [0, 0.1) is 10.1 Å². The first-order valence-corrected chi connectivity index (χ1v) is 11.4. The Bertz CT molecular complexity index is 950. The van der Waals surface area contributed by atoms with Crippen LogP contribution in [0.5, 0.6) is 0 Å². The monoisotopic (exact) mass is 511 g/mol. The number of nitrogens with two attached hydrogens (primary N) is 1. The zero-order chi connectivity index (χ0) is 25.6. The number of nitrogens with zero attached hydrogens (tertiary/aromatic N) is 3. The first-order valence-electron chi connectivity index (χ1n) is 10.6. The molecule has 11 nitrogen and oxygen atoms in total. The van der Waals surface area contributed by atoms with Crippen LogP contribution in [0.3, 0.4) is 0 Å². The summed E-state index contributed by atoms with van der Waals surface area (Å²) >= 11 is 9.54. The van der Waals surface area contributed by atoms with Gasteiger partial charge in [-0.1, -0.05) is 24.4 Å². The summed E-state index contributed by atoms with van der Waals surface area (Å²) in [6.07, 6.45) is -0.761. The van der Waals surface area contributed by atoms with E-state index >= 15 is 0 Å². The summed E-state index contributed by atoms with van der Waals surface area (Å²) in [5, 5.41) is 13.4. The standard InChI is InChI=1S/C21H29N5O6S2/c1-21(2,3)32-19(29)23-16(11-17(22)27)18(28)24-8-9-25(20(33)34)15(12-24)10-13-4-6-14(7-5-13)26(30)31/h4-7,15-16H,8-12H2,1-3H3,(H2,22,27)(H,23,29)(H,33,34). The van der Waals surface area contributed by atoms with E-state index in [4.69, 9.17) is 22.7 Å². The van der Waals surface area contributed by atoms with Gasteiger partial charge in [-0.05, 0) is 32.8 Å². The number of amides is 3. The van der Waals surface area contributed by atoms with Crippen molar-refractivity contribution in [1.82, 2.24) is 15.1 Å². The molecular formula is C21H29N5O6S2. The zero-order valence-corrected chi connectivity index (χ0v) is 20.9. The number of non-ortho nitro benzene ring substituents is 1. The number of ether oxygens (including phenoxy) is 1. The van der Waals surface area contributed by atoms with Gasteiger partial charge in [0.05, 0.1) is 17.4 Å². The molecule has 1 saturated heterocycles. The fraction of sp³-hybridized carbons (Fsp3) is 0.524. The van der Waals surface area contributed by atoms with Crippen molar-refractivity contribution in [2.24, 2.45) is 5.73 Å². The molecular weight excluding hydrogens is 482 g/mol. The maximum absolute atomic E-state index is 13.2. The van der Waals surface area contributed by atoms with Gasteiger partial charge in [-0.25, -0.2) is 4.79 Å². The number of nitrogens with one attached hydrogen (secondary N) is 1. The van der Waals surface area contributed by atoms with E-state index in [2.05, 4.69) is 17.9 Å². The minimum Gasteiger partial charge on any atom is -0.444 e. The van der Waals surface area contributed by atoms with Crippen molar-refractivity contribution in [3.63, 3.8) is 0 Å². The van der Waals surface area contributed by atoms with E-state index in [0.717, 1.165) is 5.56 Å². The number of rotatable bonds is 7. The molecule has 3 N–H and O–H groups in total. The lowest BCUT2D eigenvalue weighted by molar-refractivity contribution is -0.384. The summed E-state index contributed by atoms with van der Waals surface area (Å²) in [5.74, 6) is -1.21. The molecule has 0 aliphatic carbocycles. The zero-order valence-electron chi connectivity index (χ0n) is 19.2. The third-order valence-electron chi connectivity index (χ3n) is 5.05. The first kappa shape index (κ1) is 27.3. The number of primary amides is 1. The highest BCUT2D eigenvalue weighted by atomic mass is 32.1. The topological polar surface area (TPSA) is 148 Å². The number of alkyl carbamates (subject to hydrolysis) is 1. The molecule has 1 aromatic rings. The van der Waals surface area contributed by atoms with Gasteiger partial charge in [0.15, 0.2) is 0 Å². The van der Waals surface area contributed by atoms with Gasteiger partial charge in [0.2, 0.25) is 11.8 Å². The van der Waals surface area contributed by atoms with Gasteiger partial charge in [-0.15, -0.1) is 12.6 Å². The number of thiol groups is 1. The van der Waals surface area contributed by atoms with Crippen LogP contribution in [0.4, 0.5) is 10.5 Å². The van der Waals surface area contributed by atoms with Crippen LogP contribution in [0.1, 0.15) is 32.8 Å². The molecule has 13 heteroatoms. The summed E-state index contributed by atoms with van der Waals surface area (Å²) in [5.41, 5.74) is 5.32. The summed E-state index contributed by atoms with van der Waals surface area (Å²) in [4.78, 5) is 50.8. The number of benzene rings is 1. The fourth-order valence-electron chi connectivity index (χ4n) is 3.58. The molecule has 0 radical (unpaired) electrons. The predicted octanol–water partition coefficient (Wildman–Crippen LogP) is 1.63. The van der Waals surface area contributed by atoms with E-state index in [1.807, 2.05) is 4.90 Å². The Kier molecular flexibility index (Phi) is 9.21. The molecule has 1 heterocycles. The quantitative estimate of drug-likeness (QED) is 0.217. The second-order valence-electron chi connectivity index (χ2n) is 8.91. The maximum Gasteiger partial charge on any atom is 0.408 e. The molecule has 3 amide bonds. The molecule has 34 heavy (non-hydrogen) atoms. The van der Waals surface area contributed by atoms with Crippen molar-refractivity contribution in [1.29, 1.82) is 0 Å². The highest BCUT2D eigenvalue weighted by Crippen LogP contribution is 2.20. The fourth-order valence-corrected chi connectivity index (χ4v) is 4.08. The summed E-state index contributed by atoms with van der Waals surface area (Å²) in [6.45, 7) is 5.96. The third kappa shape index (κ3) is 8.13. The van der Waals surface area contributed by atoms with Crippen LogP contribution in [0.25, 0.3) is 0 Å². The molecule has 1 fully saturated rings. The summed E-state index contributed by atoms with van der Waals surface area (Å²) < 4.78 is 5.57. The third-order valence-corrected chi connectivity index (χ3v) is 5.54. The molecule has 1 aromatic carbocycles. The van der Waals surface area contributed by atoms with Crippen molar-refractivity contribution >= 4 is 52.8 Å². The molecule has 0 saturated carbocycles. The van der Waals surface area contributed by atoms with Gasteiger partial charge in [0, 0.05) is 31.8 Å². The van der Waals surface area contributed by atoms with E-state index in [1.54, 1.807) is 32.9 Å². The van der Waals surface area contributed by atoms with Crippen LogP contribution in [0.2, 0.25) is 0 Å². The van der Waals surface area contributed by atoms with Crippen molar-refractivity contribution < 1.29 is 24.0 Å². The van der Waals surface area contributed by atoms with Gasteiger partial charge in [0.1, 0.15) is 16.0 Å². The molecule has 1 aliphatic rings. The molecule has 2 rings (SSSR count). The van der Waals surface area contributed by atoms with Crippen molar-refractivity contribution in [3.8, 4) is 0 Å². The lowest BCUT2D eigenvalue weighted by Gasteiger charge is -2.43. The van der Waals surface area contributed by atoms with Crippen LogP contribution < -0.4 is 11.1 Å². The number of carbonyl (C=O) groups is 3. The molecule has 0 spiro atoms. The minimum atomic E-state index is -1.18. The lowest BCUT2D eigenvalue weighted by atomic mass is 10.0. The largest absolute Gasteiger partial charge is 0.444 e. The number of carbonyl (C=O) groups excluding carboxylic acids is 3. The second kappa shape index (κ2) is 11.5. The Balaban J connectivity index is 2.17. The van der Waals surface area contributed by atoms with E-state index in [0.29, 0.717) is 23.8 Å². The Morgan fingerprint density at radius 3 is 2.41 bits per heavy atom. The van der Waals surface area contributed by atoms with Gasteiger partial charge < -0.3 is 25.6 Å². The number of thiocarbonyl (C=S) groups is 1. The number of piperazine rings is 1. The number of nitro groups is 1. The summed E-state index contributed by atoms with van der Waals surface area (Å²) in [7, 11) is 0. The van der Waals surface area contributed by atoms with Crippen molar-refractivity contribution in [2.75, 3.05) is 19.6 Å². The number of nitro benzene ring substituents is 1. The normalized spacial score (nSPS) is 17.0. The number of hydrogen-bond acceptors (Lipinski definition) is 7. The van der Waals surface area contributed by atoms with Gasteiger partial charge in [-0.2, -0.15) is 0 Å². The van der Waals surface area contributed by atoms with Gasteiger partial charge in [0.25, 0.3) is 5.69 Å². The first-order chi connectivity index (χ1) is 15.8. The maximum atomic E-state index is 13.2. The van der Waals surface area contributed by atoms with E-state index < -0.39 is 34.5 Å². The molecule has 2 unspecified atom stereocenters. The Morgan fingerprint density at radius 1 is 1.29 bits per heavy atom. The van der Waals surface area contributed by atoms with Crippen LogP contribution in [0.15, 0.2) is 24.3 Å². The summed E-state index contributed by atoms with van der Waals surface area (Å²) in [6, 6.07) is 4.69. The highest BCUT2D eigenvalue weighted by Gasteiger charge is 2.35. The van der Waals surface area contributed by atoms with Crippen LogP contribution in [-0.4, -0.2) is 74.3 Å². The Hall–Kier alpha value is -2.93. The van der Waals surface area contributed by atoms with Crippen LogP contribution >= 0.6 is 24.8 Å². The molecule has 186 valence electrons. The van der Waals surface area contributed by atoms with E-state index in [1.165, 1.54) is 17.0 Å². The van der Waals surface area contributed by atoms with Crippen molar-refractivity contribution in [3.05, 3.63) is 39.9 Å².